The molecule has 0 atom stereocenters. The van der Waals surface area contributed by atoms with Gasteiger partial charge in [-0.05, 0) is 30.0 Å². The molecule has 1 N–H and O–H groups in total. The summed E-state index contributed by atoms with van der Waals surface area (Å²) >= 11 is 1.13. The van der Waals surface area contributed by atoms with Gasteiger partial charge >= 0.3 is 5.97 Å². The summed E-state index contributed by atoms with van der Waals surface area (Å²) in [6.45, 7) is 10.8. The Bertz CT molecular complexity index is 756. The smallest absolute Gasteiger partial charge is 0.313 e. The lowest BCUT2D eigenvalue weighted by atomic mass is 10.0. The lowest BCUT2D eigenvalue weighted by Crippen LogP contribution is -2.09. The number of carboxylic acid groups (broad SMARTS) is 1. The fraction of sp³-hybridized carbons (Fsp3) is 0.389. The molecular weight excluding hydrogens is 338 g/mol. The average molecular weight is 361 g/mol. The summed E-state index contributed by atoms with van der Waals surface area (Å²) in [4.78, 5) is 10.8. The minimum atomic E-state index is -0.891. The molecule has 0 amide bonds. The Hall–Kier alpha value is -2.28. The van der Waals surface area contributed by atoms with Crippen LogP contribution in [0.2, 0.25) is 0 Å². The monoisotopic (exact) mass is 361 g/mol. The van der Waals surface area contributed by atoms with E-state index in [0.29, 0.717) is 23.4 Å². The maximum Gasteiger partial charge on any atom is 0.313 e. The molecule has 7 heteroatoms. The van der Waals surface area contributed by atoms with E-state index < -0.39 is 5.97 Å². The number of benzene rings is 1. The number of aliphatic carboxylic acids is 1. The Balaban J connectivity index is 2.19. The molecule has 0 bridgehead atoms. The molecule has 1 heterocycles. The van der Waals surface area contributed by atoms with Gasteiger partial charge < -0.3 is 9.84 Å². The van der Waals surface area contributed by atoms with Gasteiger partial charge in [-0.2, -0.15) is 0 Å². The molecule has 2 rings (SSSR count). The van der Waals surface area contributed by atoms with Crippen molar-refractivity contribution in [2.45, 2.75) is 45.0 Å². The predicted molar refractivity (Wildman–Crippen MR) is 98.2 cm³/mol. The maximum atomic E-state index is 10.8. The third-order valence-electron chi connectivity index (χ3n) is 3.58. The van der Waals surface area contributed by atoms with E-state index in [1.54, 1.807) is 6.08 Å². The van der Waals surface area contributed by atoms with Crippen molar-refractivity contribution in [2.24, 2.45) is 0 Å². The first-order valence-electron chi connectivity index (χ1n) is 8.03. The fourth-order valence-corrected chi connectivity index (χ4v) is 3.04. The van der Waals surface area contributed by atoms with E-state index >= 15 is 0 Å². The Labute approximate surface area is 151 Å². The van der Waals surface area contributed by atoms with E-state index in [-0.39, 0.29) is 12.4 Å². The number of carbonyl (C=O) groups is 1. The highest BCUT2D eigenvalue weighted by atomic mass is 32.2. The van der Waals surface area contributed by atoms with Gasteiger partial charge in [-0.3, -0.25) is 9.36 Å². The molecule has 0 saturated heterocycles. The van der Waals surface area contributed by atoms with Gasteiger partial charge in [0.25, 0.3) is 0 Å². The SMILES string of the molecule is C=CCn1c(COc2cc(C)ccc2C(C)C)nnc1SCC(=O)O. The number of carboxylic acids is 1. The zero-order chi connectivity index (χ0) is 18.4. The highest BCUT2D eigenvalue weighted by Gasteiger charge is 2.15. The van der Waals surface area contributed by atoms with Gasteiger partial charge in [-0.25, -0.2) is 0 Å². The molecule has 25 heavy (non-hydrogen) atoms. The highest BCUT2D eigenvalue weighted by Crippen LogP contribution is 2.28. The van der Waals surface area contributed by atoms with E-state index in [9.17, 15) is 4.79 Å². The molecule has 134 valence electrons. The molecule has 0 aliphatic heterocycles. The van der Waals surface area contributed by atoms with Crippen molar-refractivity contribution in [3.8, 4) is 5.75 Å². The number of nitrogens with zero attached hydrogens (tertiary/aromatic N) is 3. The molecule has 0 aliphatic carbocycles. The predicted octanol–water partition coefficient (Wildman–Crippen LogP) is 3.65. The molecule has 0 spiro atoms. The van der Waals surface area contributed by atoms with Crippen molar-refractivity contribution < 1.29 is 14.6 Å². The number of ether oxygens (including phenoxy) is 1. The number of allylic oxidation sites excluding steroid dienone is 1. The van der Waals surface area contributed by atoms with Crippen molar-refractivity contribution >= 4 is 17.7 Å². The minimum absolute atomic E-state index is 0.0640. The summed E-state index contributed by atoms with van der Waals surface area (Å²) in [5.41, 5.74) is 2.27. The molecule has 1 aromatic heterocycles. The first kappa shape index (κ1) is 19.1. The van der Waals surface area contributed by atoms with Crippen LogP contribution >= 0.6 is 11.8 Å². The van der Waals surface area contributed by atoms with Crippen molar-refractivity contribution in [2.75, 3.05) is 5.75 Å². The summed E-state index contributed by atoms with van der Waals surface area (Å²) in [7, 11) is 0. The lowest BCUT2D eigenvalue weighted by molar-refractivity contribution is -0.133. The van der Waals surface area contributed by atoms with Gasteiger partial charge in [-0.15, -0.1) is 16.8 Å². The van der Waals surface area contributed by atoms with Crippen LogP contribution in [0.25, 0.3) is 0 Å². The van der Waals surface area contributed by atoms with Crippen LogP contribution < -0.4 is 4.74 Å². The zero-order valence-corrected chi connectivity index (χ0v) is 15.5. The number of thioether (sulfide) groups is 1. The Morgan fingerprint density at radius 1 is 1.44 bits per heavy atom. The number of aromatic nitrogens is 3. The fourth-order valence-electron chi connectivity index (χ4n) is 2.36. The summed E-state index contributed by atoms with van der Waals surface area (Å²) in [6.07, 6.45) is 1.73. The number of rotatable bonds is 9. The largest absolute Gasteiger partial charge is 0.485 e. The van der Waals surface area contributed by atoms with Crippen LogP contribution in [0.15, 0.2) is 36.0 Å². The topological polar surface area (TPSA) is 77.2 Å². The van der Waals surface area contributed by atoms with Crippen LogP contribution in [-0.4, -0.2) is 31.6 Å². The second kappa shape index (κ2) is 8.71. The van der Waals surface area contributed by atoms with Gasteiger partial charge in [0.2, 0.25) is 0 Å². The lowest BCUT2D eigenvalue weighted by Gasteiger charge is -2.15. The number of aryl methyl sites for hydroxylation is 1. The summed E-state index contributed by atoms with van der Waals surface area (Å²) in [6, 6.07) is 6.17. The zero-order valence-electron chi connectivity index (χ0n) is 14.7. The van der Waals surface area contributed by atoms with Crippen LogP contribution in [-0.2, 0) is 17.9 Å². The molecular formula is C18H23N3O3S. The number of hydrogen-bond acceptors (Lipinski definition) is 5. The molecule has 1 aromatic carbocycles. The number of hydrogen-bond donors (Lipinski definition) is 1. The van der Waals surface area contributed by atoms with Crippen LogP contribution in [0.1, 0.15) is 36.7 Å². The first-order chi connectivity index (χ1) is 11.9. The van der Waals surface area contributed by atoms with E-state index in [4.69, 9.17) is 9.84 Å². The normalized spacial score (nSPS) is 10.9. The van der Waals surface area contributed by atoms with E-state index in [2.05, 4.69) is 42.8 Å². The average Bonchev–Trinajstić information content (AvgIpc) is 2.93. The van der Waals surface area contributed by atoms with E-state index in [0.717, 1.165) is 28.6 Å². The van der Waals surface area contributed by atoms with Crippen LogP contribution in [0.5, 0.6) is 5.75 Å². The Kier molecular flexibility index (Phi) is 6.64. The van der Waals surface area contributed by atoms with Crippen molar-refractivity contribution in [3.63, 3.8) is 0 Å². The molecule has 0 saturated carbocycles. The molecule has 0 fully saturated rings. The maximum absolute atomic E-state index is 10.8. The molecule has 2 aromatic rings. The van der Waals surface area contributed by atoms with Gasteiger partial charge in [0, 0.05) is 6.54 Å². The molecule has 0 unspecified atom stereocenters. The van der Waals surface area contributed by atoms with Crippen LogP contribution in [0.3, 0.4) is 0 Å². The van der Waals surface area contributed by atoms with Gasteiger partial charge in [0.05, 0.1) is 5.75 Å². The Morgan fingerprint density at radius 2 is 2.20 bits per heavy atom. The third kappa shape index (κ3) is 5.09. The molecule has 0 aliphatic rings. The summed E-state index contributed by atoms with van der Waals surface area (Å²) in [5.74, 6) is 0.874. The first-order valence-corrected chi connectivity index (χ1v) is 9.01. The van der Waals surface area contributed by atoms with Gasteiger partial charge in [0.1, 0.15) is 12.4 Å². The van der Waals surface area contributed by atoms with Crippen molar-refractivity contribution in [3.05, 3.63) is 47.8 Å². The quantitative estimate of drug-likeness (QED) is 0.543. The minimum Gasteiger partial charge on any atom is -0.485 e. The van der Waals surface area contributed by atoms with Crippen molar-refractivity contribution in [1.82, 2.24) is 14.8 Å². The van der Waals surface area contributed by atoms with Gasteiger partial charge in [-0.1, -0.05) is 43.8 Å². The highest BCUT2D eigenvalue weighted by molar-refractivity contribution is 7.99. The van der Waals surface area contributed by atoms with Crippen LogP contribution in [0.4, 0.5) is 0 Å². The molecule has 6 nitrogen and oxygen atoms in total. The van der Waals surface area contributed by atoms with E-state index in [1.807, 2.05) is 17.6 Å². The standard InChI is InChI=1S/C18H23N3O3S/c1-5-8-21-16(19-20-18(21)25-11-17(22)23)10-24-15-9-13(4)6-7-14(15)12(2)3/h5-7,9,12H,1,8,10-11H2,2-4H3,(H,22,23). The molecule has 0 radical (unpaired) electrons. The third-order valence-corrected chi connectivity index (χ3v) is 4.53. The van der Waals surface area contributed by atoms with Gasteiger partial charge in [0.15, 0.2) is 11.0 Å². The Morgan fingerprint density at radius 3 is 2.84 bits per heavy atom. The second-order valence-electron chi connectivity index (χ2n) is 5.97. The summed E-state index contributed by atoms with van der Waals surface area (Å²) < 4.78 is 7.83. The second-order valence-corrected chi connectivity index (χ2v) is 6.91. The van der Waals surface area contributed by atoms with Crippen molar-refractivity contribution in [1.29, 1.82) is 0 Å². The summed E-state index contributed by atoms with van der Waals surface area (Å²) in [5, 5.41) is 17.6. The van der Waals surface area contributed by atoms with E-state index in [1.165, 1.54) is 0 Å². The van der Waals surface area contributed by atoms with Crippen LogP contribution in [0, 0.1) is 6.92 Å².